The fraction of sp³-hybridized carbons (Fsp3) is 0.263. The van der Waals surface area contributed by atoms with E-state index in [0.29, 0.717) is 16.5 Å². The molecule has 0 unspecified atom stereocenters. The van der Waals surface area contributed by atoms with E-state index in [1.807, 2.05) is 0 Å². The van der Waals surface area contributed by atoms with Gasteiger partial charge in [0, 0.05) is 17.6 Å². The molecule has 2 aromatic rings. The molecule has 150 valence electrons. The molecule has 2 amide bonds. The first-order valence-electron chi connectivity index (χ1n) is 8.39. The predicted octanol–water partition coefficient (Wildman–Crippen LogP) is 2.85. The Morgan fingerprint density at radius 1 is 1.14 bits per heavy atom. The standard InChI is InChI=1S/C19H21ClN2O5S/c1-4-28(25,26)15-8-5-13(6-9-15)19(24)22(2)12-18(23)21-16-11-14(20)7-10-17(16)27-3/h5-11H,4,12H2,1-3H3,(H,21,23). The highest BCUT2D eigenvalue weighted by Gasteiger charge is 2.18. The number of halogens is 1. The number of hydrogen-bond acceptors (Lipinski definition) is 5. The minimum Gasteiger partial charge on any atom is -0.495 e. The number of methoxy groups -OCH3 is 1. The molecule has 7 nitrogen and oxygen atoms in total. The van der Waals surface area contributed by atoms with Gasteiger partial charge in [-0.05, 0) is 42.5 Å². The van der Waals surface area contributed by atoms with Crippen LogP contribution in [0.3, 0.4) is 0 Å². The summed E-state index contributed by atoms with van der Waals surface area (Å²) in [6, 6.07) is 10.4. The van der Waals surface area contributed by atoms with Crippen molar-refractivity contribution < 1.29 is 22.7 Å². The molecule has 2 rings (SSSR count). The van der Waals surface area contributed by atoms with Crippen LogP contribution in [-0.2, 0) is 14.6 Å². The van der Waals surface area contributed by atoms with Gasteiger partial charge in [-0.2, -0.15) is 0 Å². The van der Waals surface area contributed by atoms with Crippen LogP contribution in [0.5, 0.6) is 5.75 Å². The average Bonchev–Trinajstić information content (AvgIpc) is 2.67. The Balaban J connectivity index is 2.06. The van der Waals surface area contributed by atoms with E-state index in [-0.39, 0.29) is 22.8 Å². The Labute approximate surface area is 169 Å². The number of hydrogen-bond donors (Lipinski definition) is 1. The van der Waals surface area contributed by atoms with Gasteiger partial charge in [-0.25, -0.2) is 8.42 Å². The van der Waals surface area contributed by atoms with E-state index in [0.717, 1.165) is 0 Å². The Morgan fingerprint density at radius 3 is 2.36 bits per heavy atom. The quantitative estimate of drug-likeness (QED) is 0.737. The van der Waals surface area contributed by atoms with Crippen LogP contribution in [0.25, 0.3) is 0 Å². The molecular weight excluding hydrogens is 404 g/mol. The van der Waals surface area contributed by atoms with Crippen LogP contribution < -0.4 is 10.1 Å². The number of likely N-dealkylation sites (N-methyl/N-ethyl adjacent to an activating group) is 1. The second kappa shape index (κ2) is 9.07. The largest absolute Gasteiger partial charge is 0.495 e. The third kappa shape index (κ3) is 5.24. The number of nitrogens with zero attached hydrogens (tertiary/aromatic N) is 1. The molecule has 0 spiro atoms. The van der Waals surface area contributed by atoms with Gasteiger partial charge in [0.15, 0.2) is 9.84 Å². The number of nitrogens with one attached hydrogen (secondary N) is 1. The molecule has 0 fully saturated rings. The third-order valence-corrected chi connectivity index (χ3v) is 5.99. The Morgan fingerprint density at radius 2 is 1.79 bits per heavy atom. The number of anilines is 1. The summed E-state index contributed by atoms with van der Waals surface area (Å²) in [6.07, 6.45) is 0. The summed E-state index contributed by atoms with van der Waals surface area (Å²) in [5.74, 6) is -0.414. The number of ether oxygens (including phenoxy) is 1. The van der Waals surface area contributed by atoms with E-state index in [4.69, 9.17) is 16.3 Å². The summed E-state index contributed by atoms with van der Waals surface area (Å²) >= 11 is 5.93. The minimum absolute atomic E-state index is 0.0205. The zero-order chi connectivity index (χ0) is 20.9. The summed E-state index contributed by atoms with van der Waals surface area (Å²) in [5, 5.41) is 3.09. The fourth-order valence-electron chi connectivity index (χ4n) is 2.45. The van der Waals surface area contributed by atoms with Gasteiger partial charge >= 0.3 is 0 Å². The molecule has 28 heavy (non-hydrogen) atoms. The van der Waals surface area contributed by atoms with E-state index < -0.39 is 21.7 Å². The van der Waals surface area contributed by atoms with Gasteiger partial charge in [-0.15, -0.1) is 0 Å². The normalized spacial score (nSPS) is 11.0. The monoisotopic (exact) mass is 424 g/mol. The lowest BCUT2D eigenvalue weighted by molar-refractivity contribution is -0.116. The third-order valence-electron chi connectivity index (χ3n) is 4.00. The lowest BCUT2D eigenvalue weighted by Gasteiger charge is -2.18. The summed E-state index contributed by atoms with van der Waals surface area (Å²) in [6.45, 7) is 1.35. The second-order valence-electron chi connectivity index (χ2n) is 5.98. The molecular formula is C19H21ClN2O5S. The molecule has 0 saturated carbocycles. The molecule has 0 aliphatic rings. The van der Waals surface area contributed by atoms with Gasteiger partial charge in [0.25, 0.3) is 5.91 Å². The van der Waals surface area contributed by atoms with Gasteiger partial charge in [0.05, 0.1) is 30.0 Å². The number of amides is 2. The highest BCUT2D eigenvalue weighted by atomic mass is 35.5. The van der Waals surface area contributed by atoms with E-state index in [1.54, 1.807) is 25.1 Å². The van der Waals surface area contributed by atoms with Crippen molar-refractivity contribution in [3.05, 3.63) is 53.1 Å². The van der Waals surface area contributed by atoms with Gasteiger partial charge in [-0.1, -0.05) is 18.5 Å². The Bertz CT molecular complexity index is 974. The smallest absolute Gasteiger partial charge is 0.254 e. The van der Waals surface area contributed by atoms with Gasteiger partial charge in [-0.3, -0.25) is 9.59 Å². The maximum Gasteiger partial charge on any atom is 0.254 e. The first-order chi connectivity index (χ1) is 13.2. The molecule has 1 N–H and O–H groups in total. The Hall–Kier alpha value is -2.58. The molecule has 0 aliphatic heterocycles. The highest BCUT2D eigenvalue weighted by molar-refractivity contribution is 7.91. The maximum absolute atomic E-state index is 12.5. The zero-order valence-corrected chi connectivity index (χ0v) is 17.3. The molecule has 0 radical (unpaired) electrons. The van der Waals surface area contributed by atoms with E-state index in [2.05, 4.69) is 5.32 Å². The molecule has 0 aromatic heterocycles. The van der Waals surface area contributed by atoms with Crippen molar-refractivity contribution in [3.63, 3.8) is 0 Å². The van der Waals surface area contributed by atoms with Crippen molar-refractivity contribution in [2.45, 2.75) is 11.8 Å². The molecule has 0 saturated heterocycles. The second-order valence-corrected chi connectivity index (χ2v) is 8.70. The van der Waals surface area contributed by atoms with Gasteiger partial charge in [0.1, 0.15) is 5.75 Å². The molecule has 0 bridgehead atoms. The topological polar surface area (TPSA) is 92.8 Å². The van der Waals surface area contributed by atoms with Crippen LogP contribution in [0, 0.1) is 0 Å². The first-order valence-corrected chi connectivity index (χ1v) is 10.4. The molecule has 2 aromatic carbocycles. The highest BCUT2D eigenvalue weighted by Crippen LogP contribution is 2.27. The van der Waals surface area contributed by atoms with Crippen molar-refractivity contribution in [1.29, 1.82) is 0 Å². The maximum atomic E-state index is 12.5. The van der Waals surface area contributed by atoms with Gasteiger partial charge < -0.3 is 15.0 Å². The molecule has 0 aliphatic carbocycles. The molecule has 9 heteroatoms. The minimum atomic E-state index is -3.34. The number of carbonyl (C=O) groups is 2. The van der Waals surface area contributed by atoms with Crippen LogP contribution in [0.1, 0.15) is 17.3 Å². The van der Waals surface area contributed by atoms with E-state index >= 15 is 0 Å². The summed E-state index contributed by atoms with van der Waals surface area (Å²) in [5.41, 5.74) is 0.681. The van der Waals surface area contributed by atoms with Crippen molar-refractivity contribution >= 4 is 38.9 Å². The van der Waals surface area contributed by atoms with Crippen LogP contribution in [0.4, 0.5) is 5.69 Å². The molecule has 0 heterocycles. The lowest BCUT2D eigenvalue weighted by atomic mass is 10.2. The van der Waals surface area contributed by atoms with Crippen LogP contribution >= 0.6 is 11.6 Å². The van der Waals surface area contributed by atoms with Crippen molar-refractivity contribution in [3.8, 4) is 5.75 Å². The fourth-order valence-corrected chi connectivity index (χ4v) is 3.50. The van der Waals surface area contributed by atoms with Crippen molar-refractivity contribution in [1.82, 2.24) is 4.90 Å². The van der Waals surface area contributed by atoms with Crippen LogP contribution in [0.15, 0.2) is 47.4 Å². The lowest BCUT2D eigenvalue weighted by Crippen LogP contribution is -2.35. The van der Waals surface area contributed by atoms with Crippen LogP contribution in [-0.4, -0.2) is 51.6 Å². The number of benzene rings is 2. The van der Waals surface area contributed by atoms with Crippen molar-refractivity contribution in [2.24, 2.45) is 0 Å². The first kappa shape index (κ1) is 21.7. The summed E-state index contributed by atoms with van der Waals surface area (Å²) in [4.78, 5) is 26.2. The number of sulfone groups is 1. The van der Waals surface area contributed by atoms with Crippen molar-refractivity contribution in [2.75, 3.05) is 31.8 Å². The molecule has 0 atom stereocenters. The summed E-state index contributed by atoms with van der Waals surface area (Å²) < 4.78 is 28.9. The summed E-state index contributed by atoms with van der Waals surface area (Å²) in [7, 11) is -0.387. The average molecular weight is 425 g/mol. The number of carbonyl (C=O) groups excluding carboxylic acids is 2. The van der Waals surface area contributed by atoms with E-state index in [1.165, 1.54) is 43.3 Å². The SMILES string of the molecule is CCS(=O)(=O)c1ccc(C(=O)N(C)CC(=O)Nc2cc(Cl)ccc2OC)cc1. The zero-order valence-electron chi connectivity index (χ0n) is 15.7. The van der Waals surface area contributed by atoms with Gasteiger partial charge in [0.2, 0.25) is 5.91 Å². The number of rotatable bonds is 7. The van der Waals surface area contributed by atoms with Crippen LogP contribution in [0.2, 0.25) is 5.02 Å². The Kier molecular flexibility index (Phi) is 7.04. The van der Waals surface area contributed by atoms with E-state index in [9.17, 15) is 18.0 Å². The predicted molar refractivity (Wildman–Crippen MR) is 108 cm³/mol.